The van der Waals surface area contributed by atoms with Gasteiger partial charge in [0, 0.05) is 90.7 Å². The first-order valence-electron chi connectivity index (χ1n) is 29.1. The van der Waals surface area contributed by atoms with E-state index in [1.807, 2.05) is 66.5 Å². The molecular formula is C61H64FN21O3S3. The molecule has 0 bridgehead atoms. The number of likely N-dealkylation sites (tertiary alicyclic amines) is 1. The van der Waals surface area contributed by atoms with E-state index in [0.29, 0.717) is 80.5 Å². The van der Waals surface area contributed by atoms with Gasteiger partial charge in [-0.2, -0.15) is 30.2 Å². The molecule has 0 spiro atoms. The summed E-state index contributed by atoms with van der Waals surface area (Å²) in [4.78, 5) is 22.6. The fourth-order valence-electron chi connectivity index (χ4n) is 11.1. The minimum Gasteiger partial charge on any atom is -0.507 e. The summed E-state index contributed by atoms with van der Waals surface area (Å²) in [7, 11) is 10.4. The van der Waals surface area contributed by atoms with Crippen molar-refractivity contribution in [3.63, 3.8) is 0 Å². The number of phenols is 3. The van der Waals surface area contributed by atoms with Gasteiger partial charge in [-0.3, -0.25) is 15.3 Å². The summed E-state index contributed by atoms with van der Waals surface area (Å²) < 4.78 is 17.1. The Kier molecular flexibility index (Phi) is 16.8. The number of hydrogen-bond acceptors (Lipinski definition) is 24. The van der Waals surface area contributed by atoms with Crippen LogP contribution in [0.3, 0.4) is 0 Å². The van der Waals surface area contributed by atoms with E-state index in [2.05, 4.69) is 130 Å². The SMILES string of the molecule is CN(C)C1CC(N(C)c2nc3nnc(-c4ccc(-c5cn[nH]c5)cc4O)cc3s2)C1.CN(c1nc2nnc(-c3ccc(-c4cn[nH]c4)cc3O)cc2s1)[C@@H]1CCNC[C@H]1F.CN1CCC(Nc2nc3nnc(-c4ccc(-c5cn[nH]c5)cc4O)cc3s2)CC1. The summed E-state index contributed by atoms with van der Waals surface area (Å²) >= 11 is 4.64. The van der Waals surface area contributed by atoms with Crippen molar-refractivity contribution >= 4 is 80.4 Å². The smallest absolute Gasteiger partial charge is 0.194 e. The van der Waals surface area contributed by atoms with Crippen LogP contribution in [-0.4, -0.2) is 193 Å². The van der Waals surface area contributed by atoms with Gasteiger partial charge in [-0.15, -0.1) is 30.6 Å². The third-order valence-electron chi connectivity index (χ3n) is 16.6. The van der Waals surface area contributed by atoms with E-state index in [0.717, 1.165) is 109 Å². The lowest BCUT2D eigenvalue weighted by molar-refractivity contribution is 0.165. The van der Waals surface area contributed by atoms with Gasteiger partial charge in [-0.25, -0.2) is 4.39 Å². The zero-order chi connectivity index (χ0) is 61.3. The standard InChI is InChI=1S/C21H23N7OS.C20H20FN7OS.C20H21N7OS/c1-27(2)14-7-15(8-14)28(3)21-24-20-19(30-21)9-17(25-26-20)16-5-4-12(6-18(16)29)13-10-22-23-11-13;1-28(16-4-5-22-10-14(16)21)20-25-19-18(30-20)7-15(26-27-19)13-3-2-11(6-17(13)29)12-8-23-24-9-12;1-27-6-4-14(5-7-27)23-20-24-19-18(29-20)9-16(25-26-19)15-3-2-12(8-17(15)28)13-10-21-22-11-13/h4-6,9-11,14-15,29H,7-8H2,1-3H3,(H,22,23);2-3,6-9,14,16,22,29H,4-5,10H2,1H3,(H,23,24);2-3,8-11,14,28H,4-7H2,1H3,(H,21,22)(H,23,24,26)/t;14-,16-;/m.1./s1. The Labute approximate surface area is 522 Å². The second-order valence-electron chi connectivity index (χ2n) is 22.7. The molecule has 0 radical (unpaired) electrons. The second-order valence-corrected chi connectivity index (χ2v) is 25.7. The number of hydrogen-bond donors (Lipinski definition) is 8. The average Bonchev–Trinajstić information content (AvgIpc) is 3.22. The summed E-state index contributed by atoms with van der Waals surface area (Å²) in [5.41, 5.74) is 10.8. The van der Waals surface area contributed by atoms with Gasteiger partial charge >= 0.3 is 0 Å². The third kappa shape index (κ3) is 12.8. The number of alkyl halides is 1. The number of phenolic OH excluding ortho intramolecular Hbond substituents is 3. The quantitative estimate of drug-likeness (QED) is 0.0532. The number of piperidine rings is 2. The number of benzene rings is 3. The summed E-state index contributed by atoms with van der Waals surface area (Å²) in [6, 6.07) is 23.5. The number of nitrogens with one attached hydrogen (secondary N) is 5. The number of aromatic amines is 3. The van der Waals surface area contributed by atoms with Crippen molar-refractivity contribution in [2.24, 2.45) is 0 Å². The lowest BCUT2D eigenvalue weighted by atomic mass is 9.85. The maximum Gasteiger partial charge on any atom is 0.194 e. The number of halogens is 1. The van der Waals surface area contributed by atoms with Gasteiger partial charge in [0.1, 0.15) is 23.4 Å². The molecule has 9 aromatic heterocycles. The van der Waals surface area contributed by atoms with Crippen molar-refractivity contribution < 1.29 is 19.7 Å². The zero-order valence-corrected chi connectivity index (χ0v) is 51.7. The molecule has 2 saturated heterocycles. The van der Waals surface area contributed by atoms with Gasteiger partial charge in [0.05, 0.1) is 55.8 Å². The Morgan fingerprint density at radius 2 is 0.989 bits per heavy atom. The van der Waals surface area contributed by atoms with Gasteiger partial charge in [-0.1, -0.05) is 52.2 Å². The Hall–Kier alpha value is -9.19. The van der Waals surface area contributed by atoms with Gasteiger partial charge < -0.3 is 45.6 Å². The highest BCUT2D eigenvalue weighted by atomic mass is 32.1. The maximum absolute atomic E-state index is 14.3. The van der Waals surface area contributed by atoms with Gasteiger partial charge in [-0.05, 0) is 144 Å². The first-order valence-corrected chi connectivity index (χ1v) is 31.5. The molecule has 1 aliphatic carbocycles. The Morgan fingerprint density at radius 1 is 0.539 bits per heavy atom. The van der Waals surface area contributed by atoms with E-state index >= 15 is 0 Å². The van der Waals surface area contributed by atoms with E-state index in [1.54, 1.807) is 78.1 Å². The second kappa shape index (κ2) is 25.5. The Morgan fingerprint density at radius 3 is 1.42 bits per heavy atom. The molecule has 2 atom stereocenters. The largest absolute Gasteiger partial charge is 0.507 e. The fraction of sp³-hybridized carbons (Fsp3) is 0.311. The van der Waals surface area contributed by atoms with E-state index < -0.39 is 6.17 Å². The molecule has 0 amide bonds. The van der Waals surface area contributed by atoms with Crippen LogP contribution in [0.25, 0.3) is 98.2 Å². The van der Waals surface area contributed by atoms with Crippen molar-refractivity contribution in [3.05, 3.63) is 110 Å². The van der Waals surface area contributed by atoms with Gasteiger partial charge in [0.15, 0.2) is 32.3 Å². The highest BCUT2D eigenvalue weighted by Gasteiger charge is 2.35. The predicted molar refractivity (Wildman–Crippen MR) is 347 cm³/mol. The summed E-state index contributed by atoms with van der Waals surface area (Å²) in [6.45, 7) is 3.34. The number of anilines is 3. The Bertz CT molecular complexity index is 4380. The molecule has 2 aliphatic heterocycles. The van der Waals surface area contributed by atoms with Crippen LogP contribution in [-0.2, 0) is 0 Å². The van der Waals surface area contributed by atoms with Crippen LogP contribution >= 0.6 is 34.0 Å². The molecule has 8 N–H and O–H groups in total. The van der Waals surface area contributed by atoms with Crippen molar-refractivity contribution in [2.45, 2.75) is 62.4 Å². The Balaban J connectivity index is 0.000000123. The van der Waals surface area contributed by atoms with Crippen molar-refractivity contribution in [1.29, 1.82) is 0 Å². The number of aromatic hydroxyl groups is 3. The van der Waals surface area contributed by atoms with Gasteiger partial charge in [0.2, 0.25) is 0 Å². The zero-order valence-electron chi connectivity index (χ0n) is 49.2. The molecule has 3 fully saturated rings. The first-order chi connectivity index (χ1) is 43.2. The number of aromatic nitrogens is 15. The van der Waals surface area contributed by atoms with Crippen LogP contribution in [0.15, 0.2) is 110 Å². The van der Waals surface area contributed by atoms with E-state index in [-0.39, 0.29) is 23.3 Å². The van der Waals surface area contributed by atoms with E-state index in [1.165, 1.54) is 11.3 Å². The number of nitrogens with zero attached hydrogens (tertiary/aromatic N) is 16. The molecule has 3 aliphatic rings. The topological polar surface area (TPSA) is 300 Å². The number of H-pyrrole nitrogens is 3. The third-order valence-corrected chi connectivity index (χ3v) is 19.7. The first kappa shape index (κ1) is 58.8. The molecule has 11 heterocycles. The average molecular weight is 1250 g/mol. The molecule has 456 valence electrons. The number of rotatable bonds is 13. The van der Waals surface area contributed by atoms with Crippen LogP contribution < -0.4 is 20.4 Å². The molecule has 89 heavy (non-hydrogen) atoms. The molecule has 1 saturated carbocycles. The van der Waals surface area contributed by atoms with Crippen LogP contribution in [0.1, 0.15) is 32.1 Å². The van der Waals surface area contributed by atoms with Crippen molar-refractivity contribution in [2.75, 3.05) is 76.5 Å². The summed E-state index contributed by atoms with van der Waals surface area (Å²) in [6.07, 6.45) is 14.8. The monoisotopic (exact) mass is 1250 g/mol. The normalized spacial score (nSPS) is 17.9. The molecule has 28 heteroatoms. The predicted octanol–water partition coefficient (Wildman–Crippen LogP) is 9.72. The molecule has 0 unspecified atom stereocenters. The summed E-state index contributed by atoms with van der Waals surface area (Å²) in [5.74, 6) is 0.430. The minimum absolute atomic E-state index is 0.110. The van der Waals surface area contributed by atoms with E-state index in [9.17, 15) is 19.7 Å². The van der Waals surface area contributed by atoms with Crippen LogP contribution in [0.2, 0.25) is 0 Å². The molecule has 24 nitrogen and oxygen atoms in total. The molecule has 15 rings (SSSR count). The maximum atomic E-state index is 14.3. The molecule has 12 aromatic rings. The lowest BCUT2D eigenvalue weighted by Crippen LogP contribution is -2.51. The number of fused-ring (bicyclic) bond motifs is 3. The highest BCUT2D eigenvalue weighted by molar-refractivity contribution is 7.22. The van der Waals surface area contributed by atoms with Crippen LogP contribution in [0.5, 0.6) is 17.2 Å². The summed E-state index contributed by atoms with van der Waals surface area (Å²) in [5, 5.41) is 86.6. The number of thiazole rings is 3. The van der Waals surface area contributed by atoms with E-state index in [4.69, 9.17) is 0 Å². The molecular weight excluding hydrogens is 1190 g/mol. The van der Waals surface area contributed by atoms with Crippen LogP contribution in [0, 0.1) is 0 Å². The fourth-order valence-corrected chi connectivity index (χ4v) is 14.0. The van der Waals surface area contributed by atoms with Crippen molar-refractivity contribution in [1.82, 2.24) is 91.3 Å². The lowest BCUT2D eigenvalue weighted by Gasteiger charge is -2.44. The minimum atomic E-state index is -0.942. The van der Waals surface area contributed by atoms with Gasteiger partial charge in [0.25, 0.3) is 0 Å². The molecule has 3 aromatic carbocycles. The van der Waals surface area contributed by atoms with Crippen LogP contribution in [0.4, 0.5) is 19.8 Å². The van der Waals surface area contributed by atoms with Crippen molar-refractivity contribution in [3.8, 4) is 84.4 Å². The highest BCUT2D eigenvalue weighted by Crippen LogP contribution is 2.40.